The monoisotopic (exact) mass is 475 g/mol. The Morgan fingerprint density at radius 2 is 2.20 bits per heavy atom. The molecule has 1 fully saturated rings. The summed E-state index contributed by atoms with van der Waals surface area (Å²) in [7, 11) is 0. The van der Waals surface area contributed by atoms with Crippen molar-refractivity contribution in [2.45, 2.75) is 37.6 Å². The number of nitrogens with zero attached hydrogens (tertiary/aromatic N) is 3. The van der Waals surface area contributed by atoms with Crippen molar-refractivity contribution < 1.29 is 19.2 Å². The van der Waals surface area contributed by atoms with Crippen molar-refractivity contribution in [1.82, 2.24) is 15.2 Å². The van der Waals surface area contributed by atoms with E-state index in [0.29, 0.717) is 24.0 Å². The number of nitrogens with two attached hydrogens (primary N) is 1. The fraction of sp³-hybridized carbons (Fsp3) is 0.400. The van der Waals surface area contributed by atoms with Crippen LogP contribution >= 0.6 is 15.9 Å². The van der Waals surface area contributed by atoms with Crippen molar-refractivity contribution in [2.24, 2.45) is 10.9 Å². The highest BCUT2D eigenvalue weighted by Gasteiger charge is 2.39. The van der Waals surface area contributed by atoms with Crippen LogP contribution in [0, 0.1) is 0 Å². The standard InChI is InChI=1S/C20H22BrN5O4/c21-18-7-15(30-25-18)9-24-19(27)17-6-14(22)10-26(17)20(28)29-11-12-5-13-3-1-2-4-16(13)23-8-12/h1-5,8,14-15,17H,6-7,9-11,22H2,(H,24,27)/t14-,15+,17+/m1/s1. The predicted molar refractivity (Wildman–Crippen MR) is 114 cm³/mol. The van der Waals surface area contributed by atoms with Crippen LogP contribution in [0.25, 0.3) is 10.9 Å². The number of para-hydroxylation sites is 1. The molecular formula is C20H22BrN5O4. The van der Waals surface area contributed by atoms with Crippen LogP contribution in [0.15, 0.2) is 41.7 Å². The summed E-state index contributed by atoms with van der Waals surface area (Å²) < 4.78 is 6.15. The van der Waals surface area contributed by atoms with Crippen LogP contribution in [0.2, 0.25) is 0 Å². The Labute approximate surface area is 181 Å². The summed E-state index contributed by atoms with van der Waals surface area (Å²) in [5, 5.41) is 7.57. The Hall–Kier alpha value is -2.72. The Morgan fingerprint density at radius 1 is 1.37 bits per heavy atom. The lowest BCUT2D eigenvalue weighted by Crippen LogP contribution is -2.47. The largest absolute Gasteiger partial charge is 0.444 e. The van der Waals surface area contributed by atoms with Crippen LogP contribution in [0.5, 0.6) is 0 Å². The Morgan fingerprint density at radius 3 is 3.00 bits per heavy atom. The van der Waals surface area contributed by atoms with Crippen LogP contribution in [0.4, 0.5) is 4.79 Å². The smallest absolute Gasteiger partial charge is 0.410 e. The molecule has 4 rings (SSSR count). The maximum atomic E-state index is 12.6. The molecule has 0 unspecified atom stereocenters. The second-order valence-electron chi connectivity index (χ2n) is 7.40. The van der Waals surface area contributed by atoms with Gasteiger partial charge in [-0.3, -0.25) is 14.7 Å². The van der Waals surface area contributed by atoms with Crippen LogP contribution in [0.3, 0.4) is 0 Å². The molecule has 10 heteroatoms. The third-order valence-corrected chi connectivity index (χ3v) is 5.55. The number of amides is 2. The number of nitrogens with one attached hydrogen (secondary N) is 1. The molecule has 0 bridgehead atoms. The van der Waals surface area contributed by atoms with Crippen molar-refractivity contribution >= 4 is 43.5 Å². The zero-order valence-electron chi connectivity index (χ0n) is 16.2. The fourth-order valence-electron chi connectivity index (χ4n) is 3.58. The molecule has 1 aromatic heterocycles. The van der Waals surface area contributed by atoms with Crippen molar-refractivity contribution in [2.75, 3.05) is 13.1 Å². The van der Waals surface area contributed by atoms with Gasteiger partial charge in [-0.25, -0.2) is 4.79 Å². The van der Waals surface area contributed by atoms with Gasteiger partial charge in [0, 0.05) is 36.2 Å². The molecule has 3 atom stereocenters. The minimum atomic E-state index is -0.673. The molecule has 0 spiro atoms. The average molecular weight is 476 g/mol. The number of likely N-dealkylation sites (tertiary alicyclic amines) is 1. The van der Waals surface area contributed by atoms with Crippen LogP contribution in [0.1, 0.15) is 18.4 Å². The Kier molecular flexibility index (Phi) is 6.14. The average Bonchev–Trinajstić information content (AvgIpc) is 3.35. The highest BCUT2D eigenvalue weighted by molar-refractivity contribution is 9.18. The zero-order valence-corrected chi connectivity index (χ0v) is 17.7. The molecule has 3 N–H and O–H groups in total. The van der Waals surface area contributed by atoms with Crippen LogP contribution in [-0.4, -0.2) is 57.8 Å². The molecule has 2 aliphatic heterocycles. The predicted octanol–water partition coefficient (Wildman–Crippen LogP) is 1.89. The number of hydrogen-bond donors (Lipinski definition) is 2. The number of aromatic nitrogens is 1. The SMILES string of the molecule is N[C@@H]1C[C@@H](C(=O)NC[C@@H]2CC(Br)=NO2)N(C(=O)OCc2cnc3ccccc3c2)C1. The Balaban J connectivity index is 1.33. The molecule has 2 aliphatic rings. The lowest BCUT2D eigenvalue weighted by atomic mass is 10.1. The summed E-state index contributed by atoms with van der Waals surface area (Å²) >= 11 is 3.26. The Bertz CT molecular complexity index is 985. The van der Waals surface area contributed by atoms with Crippen LogP contribution in [-0.2, 0) is 21.0 Å². The van der Waals surface area contributed by atoms with Gasteiger partial charge in [0.1, 0.15) is 17.3 Å². The zero-order chi connectivity index (χ0) is 21.1. The second-order valence-corrected chi connectivity index (χ2v) is 8.31. The molecule has 2 aromatic rings. The molecule has 0 saturated carbocycles. The van der Waals surface area contributed by atoms with Gasteiger partial charge in [-0.2, -0.15) is 0 Å². The minimum absolute atomic E-state index is 0.0675. The fourth-order valence-corrected chi connectivity index (χ4v) is 4.02. The third kappa shape index (κ3) is 4.71. The van der Waals surface area contributed by atoms with Gasteiger partial charge in [-0.05, 0) is 34.5 Å². The van der Waals surface area contributed by atoms with Gasteiger partial charge in [0.2, 0.25) is 5.91 Å². The topological polar surface area (TPSA) is 119 Å². The van der Waals surface area contributed by atoms with E-state index in [-0.39, 0.29) is 31.2 Å². The summed E-state index contributed by atoms with van der Waals surface area (Å²) in [5.74, 6) is -0.279. The number of rotatable bonds is 5. The van der Waals surface area contributed by atoms with E-state index < -0.39 is 12.1 Å². The van der Waals surface area contributed by atoms with E-state index in [4.69, 9.17) is 15.3 Å². The lowest BCUT2D eigenvalue weighted by molar-refractivity contribution is -0.125. The molecule has 0 radical (unpaired) electrons. The highest BCUT2D eigenvalue weighted by Crippen LogP contribution is 2.20. The molecule has 9 nitrogen and oxygen atoms in total. The minimum Gasteiger partial charge on any atom is -0.444 e. The van der Waals surface area contributed by atoms with Gasteiger partial charge in [-0.15, -0.1) is 0 Å². The number of oxime groups is 1. The molecule has 0 aliphatic carbocycles. The lowest BCUT2D eigenvalue weighted by Gasteiger charge is -2.23. The van der Waals surface area contributed by atoms with Gasteiger partial charge in [0.25, 0.3) is 0 Å². The van der Waals surface area contributed by atoms with Crippen molar-refractivity contribution in [3.63, 3.8) is 0 Å². The maximum Gasteiger partial charge on any atom is 0.410 e. The summed E-state index contributed by atoms with van der Waals surface area (Å²) in [6, 6.07) is 8.69. The summed E-state index contributed by atoms with van der Waals surface area (Å²) in [4.78, 5) is 36.2. The number of carbonyl (C=O) groups is 2. The first-order valence-electron chi connectivity index (χ1n) is 9.68. The molecule has 30 heavy (non-hydrogen) atoms. The van der Waals surface area contributed by atoms with E-state index in [9.17, 15) is 9.59 Å². The first kappa shape index (κ1) is 20.5. The molecule has 158 valence electrons. The normalized spacial score (nSPS) is 23.2. The van der Waals surface area contributed by atoms with Crippen molar-refractivity contribution in [3.8, 4) is 0 Å². The highest BCUT2D eigenvalue weighted by atomic mass is 79.9. The van der Waals surface area contributed by atoms with E-state index in [1.54, 1.807) is 6.20 Å². The molecule has 3 heterocycles. The molecule has 2 amide bonds. The van der Waals surface area contributed by atoms with Gasteiger partial charge >= 0.3 is 6.09 Å². The van der Waals surface area contributed by atoms with Gasteiger partial charge in [0.15, 0.2) is 6.10 Å². The number of pyridine rings is 1. The number of halogens is 1. The van der Waals surface area contributed by atoms with Crippen molar-refractivity contribution in [3.05, 3.63) is 42.1 Å². The van der Waals surface area contributed by atoms with E-state index in [2.05, 4.69) is 31.4 Å². The summed E-state index contributed by atoms with van der Waals surface area (Å²) in [6.07, 6.45) is 1.86. The number of hydrogen-bond acceptors (Lipinski definition) is 7. The molecule has 1 aromatic carbocycles. The number of benzene rings is 1. The maximum absolute atomic E-state index is 12.6. The van der Waals surface area contributed by atoms with E-state index in [1.165, 1.54) is 4.90 Å². The van der Waals surface area contributed by atoms with Crippen molar-refractivity contribution in [1.29, 1.82) is 0 Å². The van der Waals surface area contributed by atoms with Gasteiger partial charge in [0.05, 0.1) is 12.1 Å². The third-order valence-electron chi connectivity index (χ3n) is 5.08. The first-order valence-corrected chi connectivity index (χ1v) is 10.5. The van der Waals surface area contributed by atoms with Gasteiger partial charge in [-0.1, -0.05) is 23.4 Å². The quantitative estimate of drug-likeness (QED) is 0.681. The van der Waals surface area contributed by atoms with E-state index in [1.807, 2.05) is 30.3 Å². The van der Waals surface area contributed by atoms with Crippen LogP contribution < -0.4 is 11.1 Å². The number of fused-ring (bicyclic) bond motifs is 1. The first-order chi connectivity index (χ1) is 14.5. The number of ether oxygens (including phenoxy) is 1. The van der Waals surface area contributed by atoms with Gasteiger partial charge < -0.3 is 20.6 Å². The molecular weight excluding hydrogens is 454 g/mol. The summed E-state index contributed by atoms with van der Waals surface area (Å²) in [5.41, 5.74) is 7.66. The summed E-state index contributed by atoms with van der Waals surface area (Å²) in [6.45, 7) is 0.633. The molecule has 1 saturated heterocycles. The van der Waals surface area contributed by atoms with E-state index in [0.717, 1.165) is 16.5 Å². The van der Waals surface area contributed by atoms with E-state index >= 15 is 0 Å². The number of carbonyl (C=O) groups excluding carboxylic acids is 2. The second kappa shape index (κ2) is 8.97.